The lowest BCUT2D eigenvalue weighted by molar-refractivity contribution is -0.139. The number of piperidine rings is 1. The summed E-state index contributed by atoms with van der Waals surface area (Å²) in [4.78, 5) is 8.46. The van der Waals surface area contributed by atoms with Gasteiger partial charge in [-0.25, -0.2) is 9.97 Å². The molecule has 1 aliphatic heterocycles. The number of halogens is 4. The maximum Gasteiger partial charge on any atom is 0.435 e. The van der Waals surface area contributed by atoms with Crippen molar-refractivity contribution in [1.82, 2.24) is 19.9 Å². The molecular formula is C24H22ClF3N4. The number of pyridine rings is 1. The Hall–Kier alpha value is -2.64. The van der Waals surface area contributed by atoms with Crippen molar-refractivity contribution < 1.29 is 13.2 Å². The summed E-state index contributed by atoms with van der Waals surface area (Å²) >= 11 is 6.24. The summed E-state index contributed by atoms with van der Waals surface area (Å²) in [5.41, 5.74) is 0.392. The second kappa shape index (κ2) is 8.37. The van der Waals surface area contributed by atoms with Gasteiger partial charge < -0.3 is 9.88 Å². The minimum absolute atomic E-state index is 0.128. The first-order valence-corrected chi connectivity index (χ1v) is 11.1. The van der Waals surface area contributed by atoms with Crippen LogP contribution in [0.3, 0.4) is 0 Å². The molecule has 0 unspecified atom stereocenters. The third-order valence-corrected chi connectivity index (χ3v) is 6.39. The van der Waals surface area contributed by atoms with Gasteiger partial charge in [0, 0.05) is 22.5 Å². The van der Waals surface area contributed by atoms with Gasteiger partial charge in [0.2, 0.25) is 0 Å². The lowest BCUT2D eigenvalue weighted by Gasteiger charge is -2.23. The maximum absolute atomic E-state index is 14.0. The minimum Gasteiger partial charge on any atom is -0.323 e. The van der Waals surface area contributed by atoms with Gasteiger partial charge in [-0.3, -0.25) is 0 Å². The first-order chi connectivity index (χ1) is 15.4. The number of nitrogens with zero attached hydrogens (tertiary/aromatic N) is 3. The van der Waals surface area contributed by atoms with E-state index in [2.05, 4.69) is 15.3 Å². The largest absolute Gasteiger partial charge is 0.435 e. The van der Waals surface area contributed by atoms with E-state index in [9.17, 15) is 13.2 Å². The molecule has 2 aromatic heterocycles. The van der Waals surface area contributed by atoms with Crippen molar-refractivity contribution in [3.63, 3.8) is 0 Å². The molecule has 1 saturated heterocycles. The van der Waals surface area contributed by atoms with E-state index in [1.54, 1.807) is 18.2 Å². The van der Waals surface area contributed by atoms with Crippen LogP contribution in [0.25, 0.3) is 33.3 Å². The van der Waals surface area contributed by atoms with Crippen LogP contribution in [0, 0.1) is 5.92 Å². The molecule has 0 saturated carbocycles. The summed E-state index contributed by atoms with van der Waals surface area (Å²) in [5.74, 6) is 1.05. The van der Waals surface area contributed by atoms with Crippen molar-refractivity contribution >= 4 is 33.5 Å². The summed E-state index contributed by atoms with van der Waals surface area (Å²) in [6, 6.07) is 14.1. The number of aromatic nitrogens is 3. The summed E-state index contributed by atoms with van der Waals surface area (Å²) < 4.78 is 43.9. The van der Waals surface area contributed by atoms with Crippen molar-refractivity contribution in [2.24, 2.45) is 5.92 Å². The number of hydrogen-bond acceptors (Lipinski definition) is 3. The van der Waals surface area contributed by atoms with Crippen LogP contribution in [0.5, 0.6) is 0 Å². The molecule has 4 aromatic rings. The molecule has 1 N–H and O–H groups in total. The second-order valence-corrected chi connectivity index (χ2v) is 8.69. The summed E-state index contributed by atoms with van der Waals surface area (Å²) in [7, 11) is 0. The highest BCUT2D eigenvalue weighted by Gasteiger charge is 2.37. The standard InChI is InChI=1S/C24H22ClF3N4/c25-17-6-7-19-18(14-17)21-20(22(30-19)24(26,27)28)31-23(16-4-2-1-3-5-16)32(21)13-10-15-8-11-29-12-9-15/h1-7,14-15,29H,8-13H2. The van der Waals surface area contributed by atoms with Crippen LogP contribution < -0.4 is 5.32 Å². The molecule has 2 aromatic carbocycles. The molecule has 0 atom stereocenters. The highest BCUT2D eigenvalue weighted by molar-refractivity contribution is 6.31. The minimum atomic E-state index is -4.62. The molecule has 3 heterocycles. The molecular weight excluding hydrogens is 437 g/mol. The number of nitrogens with one attached hydrogen (secondary N) is 1. The number of rotatable bonds is 4. The van der Waals surface area contributed by atoms with Crippen LogP contribution in [0.1, 0.15) is 25.0 Å². The van der Waals surface area contributed by atoms with Crippen molar-refractivity contribution in [3.05, 3.63) is 59.2 Å². The summed E-state index contributed by atoms with van der Waals surface area (Å²) in [6.07, 6.45) is -1.61. The Morgan fingerprint density at radius 3 is 2.50 bits per heavy atom. The van der Waals surface area contributed by atoms with E-state index < -0.39 is 11.9 Å². The molecule has 0 radical (unpaired) electrons. The fourth-order valence-electron chi connectivity index (χ4n) is 4.56. The first kappa shape index (κ1) is 21.2. The predicted molar refractivity (Wildman–Crippen MR) is 121 cm³/mol. The SMILES string of the molecule is FC(F)(F)c1nc2ccc(Cl)cc2c2c1nc(-c1ccccc1)n2CCC1CCNCC1. The Bertz CT molecular complexity index is 1260. The van der Waals surface area contributed by atoms with Gasteiger partial charge in [-0.05, 0) is 56.5 Å². The van der Waals surface area contributed by atoms with E-state index in [1.165, 1.54) is 0 Å². The van der Waals surface area contributed by atoms with E-state index in [-0.39, 0.29) is 11.0 Å². The number of fused-ring (bicyclic) bond motifs is 3. The fraction of sp³-hybridized carbons (Fsp3) is 0.333. The molecule has 0 spiro atoms. The van der Waals surface area contributed by atoms with Gasteiger partial charge in [0.1, 0.15) is 11.3 Å². The molecule has 166 valence electrons. The zero-order chi connectivity index (χ0) is 22.3. The van der Waals surface area contributed by atoms with Crippen LogP contribution in [0.4, 0.5) is 13.2 Å². The van der Waals surface area contributed by atoms with Crippen LogP contribution in [-0.2, 0) is 12.7 Å². The van der Waals surface area contributed by atoms with E-state index in [0.717, 1.165) is 37.9 Å². The third-order valence-electron chi connectivity index (χ3n) is 6.16. The van der Waals surface area contributed by atoms with Crippen molar-refractivity contribution in [1.29, 1.82) is 0 Å². The van der Waals surface area contributed by atoms with E-state index in [4.69, 9.17) is 11.6 Å². The molecule has 0 amide bonds. The van der Waals surface area contributed by atoms with Gasteiger partial charge in [0.05, 0.1) is 11.0 Å². The van der Waals surface area contributed by atoms with E-state index in [0.29, 0.717) is 34.2 Å². The number of hydrogen-bond donors (Lipinski definition) is 1. The molecule has 0 aliphatic carbocycles. The number of aryl methyl sites for hydroxylation is 1. The lowest BCUT2D eigenvalue weighted by Crippen LogP contribution is -2.28. The normalized spacial score (nSPS) is 15.6. The molecule has 8 heteroatoms. The smallest absolute Gasteiger partial charge is 0.323 e. The van der Waals surface area contributed by atoms with Gasteiger partial charge in [-0.2, -0.15) is 13.2 Å². The summed E-state index contributed by atoms with van der Waals surface area (Å²) in [5, 5.41) is 4.40. The number of alkyl halides is 3. The van der Waals surface area contributed by atoms with Crippen molar-refractivity contribution in [2.45, 2.75) is 32.0 Å². The van der Waals surface area contributed by atoms with E-state index >= 15 is 0 Å². The Balaban J connectivity index is 1.77. The van der Waals surface area contributed by atoms with Crippen LogP contribution in [0.15, 0.2) is 48.5 Å². The number of benzene rings is 2. The van der Waals surface area contributed by atoms with Crippen LogP contribution in [0.2, 0.25) is 5.02 Å². The number of imidazole rings is 1. The Morgan fingerprint density at radius 2 is 1.78 bits per heavy atom. The van der Waals surface area contributed by atoms with E-state index in [1.807, 2.05) is 34.9 Å². The predicted octanol–water partition coefficient (Wildman–Crippen LogP) is 6.31. The van der Waals surface area contributed by atoms with Gasteiger partial charge in [-0.15, -0.1) is 0 Å². The Morgan fingerprint density at radius 1 is 1.03 bits per heavy atom. The molecule has 1 fully saturated rings. The molecule has 4 nitrogen and oxygen atoms in total. The van der Waals surface area contributed by atoms with Gasteiger partial charge >= 0.3 is 6.18 Å². The van der Waals surface area contributed by atoms with Crippen LogP contribution in [-0.4, -0.2) is 27.6 Å². The second-order valence-electron chi connectivity index (χ2n) is 8.25. The lowest BCUT2D eigenvalue weighted by atomic mass is 9.94. The summed E-state index contributed by atoms with van der Waals surface area (Å²) in [6.45, 7) is 2.53. The van der Waals surface area contributed by atoms with Gasteiger partial charge in [-0.1, -0.05) is 41.9 Å². The third kappa shape index (κ3) is 3.95. The monoisotopic (exact) mass is 458 g/mol. The molecule has 1 aliphatic rings. The molecule has 0 bridgehead atoms. The fourth-order valence-corrected chi connectivity index (χ4v) is 4.74. The van der Waals surface area contributed by atoms with Crippen molar-refractivity contribution in [2.75, 3.05) is 13.1 Å². The first-order valence-electron chi connectivity index (χ1n) is 10.7. The highest BCUT2D eigenvalue weighted by Crippen LogP contribution is 2.39. The molecule has 5 rings (SSSR count). The Kier molecular flexibility index (Phi) is 5.55. The quantitative estimate of drug-likeness (QED) is 0.389. The average molecular weight is 459 g/mol. The topological polar surface area (TPSA) is 42.7 Å². The maximum atomic E-state index is 14.0. The van der Waals surface area contributed by atoms with Crippen molar-refractivity contribution in [3.8, 4) is 11.4 Å². The van der Waals surface area contributed by atoms with Gasteiger partial charge in [0.15, 0.2) is 5.69 Å². The zero-order valence-corrected chi connectivity index (χ0v) is 18.0. The zero-order valence-electron chi connectivity index (χ0n) is 17.3. The average Bonchev–Trinajstić information content (AvgIpc) is 3.17. The molecule has 32 heavy (non-hydrogen) atoms. The van der Waals surface area contributed by atoms with Crippen LogP contribution >= 0.6 is 11.6 Å². The highest BCUT2D eigenvalue weighted by atomic mass is 35.5. The van der Waals surface area contributed by atoms with Gasteiger partial charge in [0.25, 0.3) is 0 Å². The Labute approximate surface area is 188 Å².